The Morgan fingerprint density at radius 2 is 2.21 bits per heavy atom. The van der Waals surface area contributed by atoms with Crippen LogP contribution in [-0.4, -0.2) is 49.2 Å². The van der Waals surface area contributed by atoms with E-state index >= 15 is 0 Å². The van der Waals surface area contributed by atoms with Crippen molar-refractivity contribution in [3.63, 3.8) is 0 Å². The summed E-state index contributed by atoms with van der Waals surface area (Å²) in [6.45, 7) is 4.14. The number of likely N-dealkylation sites (N-methyl/N-ethyl adjacent to an activating group) is 1. The minimum atomic E-state index is -0.0488. The Kier molecular flexibility index (Phi) is 5.92. The molecule has 0 spiro atoms. The zero-order chi connectivity index (χ0) is 20.1. The molecule has 8 heteroatoms. The van der Waals surface area contributed by atoms with Gasteiger partial charge in [-0.3, -0.25) is 10.0 Å². The molecule has 1 aliphatic heterocycles. The minimum Gasteiger partial charge on any atom is -0.495 e. The number of nitrogens with one attached hydrogen (secondary N) is 1. The van der Waals surface area contributed by atoms with Gasteiger partial charge in [0.15, 0.2) is 0 Å². The molecule has 1 atom stereocenters. The Balaban J connectivity index is 1.78. The van der Waals surface area contributed by atoms with Crippen LogP contribution in [0, 0.1) is 11.3 Å². The number of rotatable bonds is 6. The maximum atomic E-state index is 9.02. The predicted molar refractivity (Wildman–Crippen MR) is 111 cm³/mol. The molecule has 0 saturated carbocycles. The molecule has 0 amide bonds. The van der Waals surface area contributed by atoms with Crippen LogP contribution in [0.25, 0.3) is 0 Å². The zero-order valence-corrected chi connectivity index (χ0v) is 16.3. The monoisotopic (exact) mass is 394 g/mol. The summed E-state index contributed by atoms with van der Waals surface area (Å²) in [7, 11) is 3.50. The number of aromatic nitrogens is 1. The summed E-state index contributed by atoms with van der Waals surface area (Å²) in [5.74, 6) is 0.663. The first-order valence-corrected chi connectivity index (χ1v) is 8.87. The molecule has 0 fully saturated rings. The summed E-state index contributed by atoms with van der Waals surface area (Å²) in [5, 5.41) is 19.3. The Bertz CT molecular complexity index is 977. The van der Waals surface area contributed by atoms with E-state index in [9.17, 15) is 0 Å². The van der Waals surface area contributed by atoms with E-state index in [-0.39, 0.29) is 6.04 Å². The number of methoxy groups -OCH3 is 1. The normalized spacial score (nSPS) is 15.9. The Labute approximate surface area is 168 Å². The molecule has 1 N–H and O–H groups in total. The number of hydrogen-bond acceptors (Lipinski definition) is 7. The van der Waals surface area contributed by atoms with Crippen LogP contribution in [-0.2, 0) is 4.74 Å². The largest absolute Gasteiger partial charge is 0.495 e. The second-order valence-electron chi connectivity index (χ2n) is 6.08. The third-order valence-electron chi connectivity index (χ3n) is 4.33. The zero-order valence-electron chi connectivity index (χ0n) is 15.6. The van der Waals surface area contributed by atoms with E-state index in [1.165, 1.54) is 0 Å². The molecule has 1 aromatic heterocycles. The third-order valence-corrected chi connectivity index (χ3v) is 4.56. The summed E-state index contributed by atoms with van der Waals surface area (Å²) in [6, 6.07) is 10.9. The van der Waals surface area contributed by atoms with Gasteiger partial charge in [-0.2, -0.15) is 10.4 Å². The molecule has 0 saturated heterocycles. The molecule has 0 bridgehead atoms. The van der Waals surface area contributed by atoms with Gasteiger partial charge in [-0.15, -0.1) is 0 Å². The van der Waals surface area contributed by atoms with Gasteiger partial charge in [0.2, 0.25) is 0 Å². The molecule has 1 aromatic carbocycles. The quantitative estimate of drug-likeness (QED) is 0.597. The highest BCUT2D eigenvalue weighted by atomic mass is 35.5. The van der Waals surface area contributed by atoms with Gasteiger partial charge in [0.25, 0.3) is 0 Å². The summed E-state index contributed by atoms with van der Waals surface area (Å²) in [6.07, 6.45) is 3.66. The van der Waals surface area contributed by atoms with Crippen molar-refractivity contribution in [2.75, 3.05) is 26.0 Å². The summed E-state index contributed by atoms with van der Waals surface area (Å²) >= 11 is 5.87. The molecular formula is C20H19ClN6O. The van der Waals surface area contributed by atoms with Crippen LogP contribution in [0.2, 0.25) is 5.15 Å². The molecule has 2 heterocycles. The van der Waals surface area contributed by atoms with Gasteiger partial charge in [0.05, 0.1) is 36.2 Å². The van der Waals surface area contributed by atoms with E-state index < -0.39 is 0 Å². The second kappa shape index (κ2) is 8.55. The molecule has 7 nitrogen and oxygen atoms in total. The van der Waals surface area contributed by atoms with Crippen molar-refractivity contribution in [1.29, 1.82) is 5.26 Å². The van der Waals surface area contributed by atoms with E-state index in [4.69, 9.17) is 21.6 Å². The van der Waals surface area contributed by atoms with Crippen LogP contribution < -0.4 is 5.32 Å². The number of hydrogen-bond donors (Lipinski definition) is 1. The Hall–Kier alpha value is -3.37. The smallest absolute Gasteiger partial charge is 0.145 e. The van der Waals surface area contributed by atoms with Gasteiger partial charge in [0, 0.05) is 25.4 Å². The van der Waals surface area contributed by atoms with Crippen LogP contribution in [0.5, 0.6) is 0 Å². The molecule has 1 unspecified atom stereocenters. The van der Waals surface area contributed by atoms with Crippen molar-refractivity contribution >= 4 is 35.4 Å². The molecule has 1 aliphatic rings. The van der Waals surface area contributed by atoms with Gasteiger partial charge in [-0.05, 0) is 43.1 Å². The van der Waals surface area contributed by atoms with E-state index in [0.29, 0.717) is 34.4 Å². The van der Waals surface area contributed by atoms with Crippen molar-refractivity contribution in [3.05, 3.63) is 64.6 Å². The van der Waals surface area contributed by atoms with Crippen molar-refractivity contribution in [1.82, 2.24) is 9.99 Å². The predicted octanol–water partition coefficient (Wildman–Crippen LogP) is 3.60. The lowest BCUT2D eigenvalue weighted by Gasteiger charge is -2.29. The van der Waals surface area contributed by atoms with Crippen molar-refractivity contribution in [2.45, 2.75) is 6.04 Å². The van der Waals surface area contributed by atoms with E-state index in [2.05, 4.69) is 33.2 Å². The van der Waals surface area contributed by atoms with Crippen LogP contribution in [0.15, 0.2) is 58.5 Å². The maximum absolute atomic E-state index is 9.02. The first-order valence-electron chi connectivity index (χ1n) is 8.50. The number of pyridine rings is 1. The van der Waals surface area contributed by atoms with Gasteiger partial charge in [-0.25, -0.2) is 4.98 Å². The van der Waals surface area contributed by atoms with E-state index in [1.54, 1.807) is 31.5 Å². The standard InChI is InChI=1S/C20H19ClN6O/c1-23-17-8-13(10-22)4-6-16(17)24-12-15-9-18(28-3)20(26-27(15)2)14-5-7-19(21)25-11-14/h4-9,11,15,24H,1,12H2,2-3H3. The maximum Gasteiger partial charge on any atom is 0.145 e. The molecule has 0 aliphatic carbocycles. The number of halogens is 1. The highest BCUT2D eigenvalue weighted by Gasteiger charge is 2.23. The van der Waals surface area contributed by atoms with Crippen molar-refractivity contribution in [3.8, 4) is 6.07 Å². The van der Waals surface area contributed by atoms with Crippen LogP contribution >= 0.6 is 11.6 Å². The van der Waals surface area contributed by atoms with E-state index in [0.717, 1.165) is 11.3 Å². The third kappa shape index (κ3) is 4.13. The van der Waals surface area contributed by atoms with Gasteiger partial charge in [0.1, 0.15) is 16.6 Å². The molecule has 28 heavy (non-hydrogen) atoms. The average molecular weight is 395 g/mol. The highest BCUT2D eigenvalue weighted by molar-refractivity contribution is 6.29. The van der Waals surface area contributed by atoms with Crippen LogP contribution in [0.4, 0.5) is 11.4 Å². The number of benzene rings is 1. The van der Waals surface area contributed by atoms with Gasteiger partial charge < -0.3 is 10.1 Å². The lowest BCUT2D eigenvalue weighted by atomic mass is 10.1. The molecule has 142 valence electrons. The van der Waals surface area contributed by atoms with Gasteiger partial charge >= 0.3 is 0 Å². The Morgan fingerprint density at radius 3 is 2.86 bits per heavy atom. The van der Waals surface area contributed by atoms with Crippen molar-refractivity contribution in [2.24, 2.45) is 10.1 Å². The molecule has 2 aromatic rings. The molecule has 3 rings (SSSR count). The number of allylic oxidation sites excluding steroid dienone is 1. The van der Waals surface area contributed by atoms with Crippen molar-refractivity contribution < 1.29 is 4.74 Å². The number of nitriles is 1. The number of anilines is 1. The number of hydrazone groups is 1. The minimum absolute atomic E-state index is 0.0488. The first-order chi connectivity index (χ1) is 13.5. The highest BCUT2D eigenvalue weighted by Crippen LogP contribution is 2.26. The van der Waals surface area contributed by atoms with Gasteiger partial charge in [-0.1, -0.05) is 11.6 Å². The topological polar surface area (TPSA) is 85.9 Å². The summed E-state index contributed by atoms with van der Waals surface area (Å²) in [5.41, 5.74) is 3.48. The van der Waals surface area contributed by atoms with Crippen LogP contribution in [0.1, 0.15) is 11.1 Å². The lowest BCUT2D eigenvalue weighted by Crippen LogP contribution is -2.37. The SMILES string of the molecule is C=Nc1cc(C#N)ccc1NCC1C=C(OC)C(c2ccc(Cl)nc2)=NN1C. The number of ether oxygens (including phenoxy) is 1. The fourth-order valence-electron chi connectivity index (χ4n) is 2.81. The van der Waals surface area contributed by atoms with E-state index in [1.807, 2.05) is 30.3 Å². The van der Waals surface area contributed by atoms with Crippen LogP contribution in [0.3, 0.4) is 0 Å². The lowest BCUT2D eigenvalue weighted by molar-refractivity contribution is 0.262. The summed E-state index contributed by atoms with van der Waals surface area (Å²) in [4.78, 5) is 8.10. The first kappa shape index (κ1) is 19.4. The average Bonchev–Trinajstić information content (AvgIpc) is 2.73. The number of nitrogens with zero attached hydrogens (tertiary/aromatic N) is 5. The second-order valence-corrected chi connectivity index (χ2v) is 6.46. The summed E-state index contributed by atoms with van der Waals surface area (Å²) < 4.78 is 5.54. The molecule has 0 radical (unpaired) electrons. The molecular weight excluding hydrogens is 376 g/mol. The Morgan fingerprint density at radius 1 is 1.39 bits per heavy atom. The fourth-order valence-corrected chi connectivity index (χ4v) is 2.92. The number of aliphatic imine (C=N–C) groups is 1. The fraction of sp³-hybridized carbons (Fsp3) is 0.200.